The minimum Gasteiger partial charge on any atom is -0.324 e. The smallest absolute Gasteiger partial charge is 0.231 e. The molecule has 22 heavy (non-hydrogen) atoms. The molecule has 0 bridgehead atoms. The van der Waals surface area contributed by atoms with Crippen molar-refractivity contribution < 1.29 is 4.79 Å². The number of fused-ring (bicyclic) bond motifs is 1. The number of rotatable bonds is 4. The fraction of sp³-hybridized carbons (Fsp3) is 0.444. The quantitative estimate of drug-likeness (QED) is 0.942. The van der Waals surface area contributed by atoms with Crippen molar-refractivity contribution >= 4 is 22.5 Å². The van der Waals surface area contributed by atoms with Crippen LogP contribution in [0.5, 0.6) is 0 Å². The molecule has 1 aliphatic heterocycles. The molecular formula is C18H23N3O. The Morgan fingerprint density at radius 1 is 1.36 bits per heavy atom. The summed E-state index contributed by atoms with van der Waals surface area (Å²) in [6, 6.07) is 9.82. The zero-order valence-electron chi connectivity index (χ0n) is 13.3. The molecule has 0 aliphatic carbocycles. The molecule has 1 atom stereocenters. The van der Waals surface area contributed by atoms with Crippen LogP contribution in [0.25, 0.3) is 10.9 Å². The number of para-hydroxylation sites is 1. The first kappa shape index (κ1) is 15.0. The summed E-state index contributed by atoms with van der Waals surface area (Å²) in [4.78, 5) is 19.5. The van der Waals surface area contributed by atoms with Crippen LogP contribution in [-0.2, 0) is 4.79 Å². The molecule has 1 amide bonds. The Morgan fingerprint density at radius 3 is 3.00 bits per heavy atom. The average Bonchev–Trinajstić information content (AvgIpc) is 2.91. The molecule has 4 nitrogen and oxygen atoms in total. The monoisotopic (exact) mass is 297 g/mol. The van der Waals surface area contributed by atoms with Gasteiger partial charge in [0.05, 0.1) is 16.6 Å². The minimum atomic E-state index is -0.313. The number of anilines is 1. The van der Waals surface area contributed by atoms with Crippen LogP contribution in [0.1, 0.15) is 26.7 Å². The maximum Gasteiger partial charge on any atom is 0.231 e. The first-order chi connectivity index (χ1) is 10.6. The third-order valence-electron chi connectivity index (χ3n) is 4.52. The van der Waals surface area contributed by atoms with Gasteiger partial charge in [0.2, 0.25) is 5.91 Å². The highest BCUT2D eigenvalue weighted by molar-refractivity contribution is 6.02. The lowest BCUT2D eigenvalue weighted by Crippen LogP contribution is -2.36. The van der Waals surface area contributed by atoms with Gasteiger partial charge < -0.3 is 10.2 Å². The summed E-state index contributed by atoms with van der Waals surface area (Å²) in [7, 11) is 0. The molecule has 0 saturated carbocycles. The number of pyridine rings is 1. The fourth-order valence-corrected chi connectivity index (χ4v) is 3.23. The highest BCUT2D eigenvalue weighted by Crippen LogP contribution is 2.32. The van der Waals surface area contributed by atoms with E-state index < -0.39 is 0 Å². The topological polar surface area (TPSA) is 45.2 Å². The maximum atomic E-state index is 12.8. The second-order valence-corrected chi connectivity index (χ2v) is 6.42. The summed E-state index contributed by atoms with van der Waals surface area (Å²) < 4.78 is 0. The summed E-state index contributed by atoms with van der Waals surface area (Å²) >= 11 is 0. The van der Waals surface area contributed by atoms with Gasteiger partial charge in [-0.3, -0.25) is 9.78 Å². The average molecular weight is 297 g/mol. The molecule has 1 saturated heterocycles. The third kappa shape index (κ3) is 2.83. The Morgan fingerprint density at radius 2 is 2.18 bits per heavy atom. The van der Waals surface area contributed by atoms with E-state index in [9.17, 15) is 4.79 Å². The van der Waals surface area contributed by atoms with Crippen LogP contribution in [0.2, 0.25) is 0 Å². The Hall–Kier alpha value is -1.94. The van der Waals surface area contributed by atoms with E-state index in [1.807, 2.05) is 30.3 Å². The van der Waals surface area contributed by atoms with Gasteiger partial charge in [0.15, 0.2) is 0 Å². The lowest BCUT2D eigenvalue weighted by atomic mass is 9.88. The Kier molecular flexibility index (Phi) is 4.12. The van der Waals surface area contributed by atoms with Crippen LogP contribution in [0.4, 0.5) is 5.69 Å². The minimum absolute atomic E-state index is 0.101. The number of amides is 1. The summed E-state index contributed by atoms with van der Waals surface area (Å²) in [6.07, 6.45) is 3.81. The number of aromatic nitrogens is 1. The van der Waals surface area contributed by atoms with Gasteiger partial charge in [0.1, 0.15) is 0 Å². The molecule has 0 radical (unpaired) electrons. The van der Waals surface area contributed by atoms with Gasteiger partial charge in [-0.15, -0.1) is 0 Å². The maximum absolute atomic E-state index is 12.8. The van der Waals surface area contributed by atoms with Crippen LogP contribution in [0, 0.1) is 5.41 Å². The van der Waals surface area contributed by atoms with Gasteiger partial charge in [-0.05, 0) is 45.0 Å². The summed E-state index contributed by atoms with van der Waals surface area (Å²) in [6.45, 7) is 7.16. The van der Waals surface area contributed by atoms with Crippen LogP contribution >= 0.6 is 0 Å². The van der Waals surface area contributed by atoms with E-state index in [2.05, 4.69) is 29.0 Å². The number of benzene rings is 1. The third-order valence-corrected chi connectivity index (χ3v) is 4.52. The SMILES string of the molecule is CCCN1CCC(C)(C(=O)Nc2cccc3cccnc23)C1. The molecule has 1 unspecified atom stereocenters. The van der Waals surface area contributed by atoms with E-state index in [1.54, 1.807) is 6.20 Å². The van der Waals surface area contributed by atoms with E-state index in [-0.39, 0.29) is 11.3 Å². The van der Waals surface area contributed by atoms with Gasteiger partial charge in [0, 0.05) is 18.1 Å². The molecule has 3 rings (SSSR count). The number of likely N-dealkylation sites (tertiary alicyclic amines) is 1. The lowest BCUT2D eigenvalue weighted by Gasteiger charge is -2.24. The van der Waals surface area contributed by atoms with Crippen LogP contribution in [0.3, 0.4) is 0 Å². The normalized spacial score (nSPS) is 22.1. The van der Waals surface area contributed by atoms with Crippen molar-refractivity contribution in [2.75, 3.05) is 25.0 Å². The van der Waals surface area contributed by atoms with E-state index >= 15 is 0 Å². The van der Waals surface area contributed by atoms with Crippen molar-refractivity contribution in [1.82, 2.24) is 9.88 Å². The molecule has 1 aliphatic rings. The van der Waals surface area contributed by atoms with E-state index in [1.165, 1.54) is 0 Å². The van der Waals surface area contributed by atoms with Crippen molar-refractivity contribution in [2.45, 2.75) is 26.7 Å². The van der Waals surface area contributed by atoms with Crippen molar-refractivity contribution in [2.24, 2.45) is 5.41 Å². The first-order valence-electron chi connectivity index (χ1n) is 8.00. The Bertz CT molecular complexity index is 680. The molecular weight excluding hydrogens is 274 g/mol. The number of hydrogen-bond donors (Lipinski definition) is 1. The van der Waals surface area contributed by atoms with Gasteiger partial charge in [-0.2, -0.15) is 0 Å². The van der Waals surface area contributed by atoms with Crippen molar-refractivity contribution in [1.29, 1.82) is 0 Å². The van der Waals surface area contributed by atoms with Crippen molar-refractivity contribution in [3.05, 3.63) is 36.5 Å². The predicted molar refractivity (Wildman–Crippen MR) is 89.8 cm³/mol. The highest BCUT2D eigenvalue weighted by atomic mass is 16.2. The molecule has 2 aromatic rings. The van der Waals surface area contributed by atoms with Crippen LogP contribution in [0.15, 0.2) is 36.5 Å². The highest BCUT2D eigenvalue weighted by Gasteiger charge is 2.40. The fourth-order valence-electron chi connectivity index (χ4n) is 3.23. The van der Waals surface area contributed by atoms with Crippen molar-refractivity contribution in [3.63, 3.8) is 0 Å². The lowest BCUT2D eigenvalue weighted by molar-refractivity contribution is -0.124. The van der Waals surface area contributed by atoms with Crippen molar-refractivity contribution in [3.8, 4) is 0 Å². The van der Waals surface area contributed by atoms with Gasteiger partial charge >= 0.3 is 0 Å². The number of hydrogen-bond acceptors (Lipinski definition) is 3. The summed E-state index contributed by atoms with van der Waals surface area (Å²) in [5, 5.41) is 4.15. The van der Waals surface area contributed by atoms with E-state index in [0.29, 0.717) is 0 Å². The predicted octanol–water partition coefficient (Wildman–Crippen LogP) is 3.30. The molecule has 1 N–H and O–H groups in total. The Labute approximate surface area is 131 Å². The van der Waals surface area contributed by atoms with Gasteiger partial charge in [-0.25, -0.2) is 0 Å². The molecule has 0 spiro atoms. The molecule has 1 aromatic heterocycles. The zero-order chi connectivity index (χ0) is 15.6. The van der Waals surface area contributed by atoms with Gasteiger partial charge in [-0.1, -0.05) is 25.1 Å². The second kappa shape index (κ2) is 6.05. The second-order valence-electron chi connectivity index (χ2n) is 6.42. The summed E-state index contributed by atoms with van der Waals surface area (Å²) in [5.74, 6) is 0.101. The molecule has 1 fully saturated rings. The van der Waals surface area contributed by atoms with Crippen LogP contribution in [-0.4, -0.2) is 35.4 Å². The summed E-state index contributed by atoms with van der Waals surface area (Å²) in [5.41, 5.74) is 1.34. The number of carbonyl (C=O) groups is 1. The largest absolute Gasteiger partial charge is 0.324 e. The molecule has 4 heteroatoms. The number of nitrogens with one attached hydrogen (secondary N) is 1. The van der Waals surface area contributed by atoms with E-state index in [0.717, 1.165) is 49.1 Å². The molecule has 1 aromatic carbocycles. The number of nitrogens with zero attached hydrogens (tertiary/aromatic N) is 2. The van der Waals surface area contributed by atoms with Gasteiger partial charge in [0.25, 0.3) is 0 Å². The zero-order valence-corrected chi connectivity index (χ0v) is 13.3. The standard InChI is InChI=1S/C18H23N3O/c1-3-11-21-12-9-18(2,13-21)17(22)20-15-8-4-6-14-7-5-10-19-16(14)15/h4-8,10H,3,9,11-13H2,1-2H3,(H,20,22). The van der Waals surface area contributed by atoms with E-state index in [4.69, 9.17) is 0 Å². The first-order valence-corrected chi connectivity index (χ1v) is 8.00. The molecule has 2 heterocycles. The molecule has 116 valence electrons. The van der Waals surface area contributed by atoms with Crippen LogP contribution < -0.4 is 5.32 Å². The number of carbonyl (C=O) groups excluding carboxylic acids is 1. The Balaban J connectivity index is 1.79.